The Hall–Kier alpha value is -5.05. The number of allylic oxidation sites excluding steroid dienone is 1. The SMILES string of the molecule is CC[Si](CC)(CC)O[C@H]1C2C=C3C#C/C(=C\C#C[C@@H]4O[C@]341)[C@H](O[Si](C(C)C)(C(C)C)C(C)C)COC(=O)C[C@@H](NC(=O)c1cc3c(OC)c(OC)c(OC(C)C)cc3cc1OCOC)c1ccc(c(Cl)n1)O2. The number of halogens is 1. The number of epoxide rings is 1. The van der Waals surface area contributed by atoms with Gasteiger partial charge in [0.25, 0.3) is 5.91 Å². The zero-order chi connectivity index (χ0) is 52.3. The quantitative estimate of drug-likeness (QED) is 0.0303. The average molecular weight is 1040 g/mol. The topological polar surface area (TPSA) is 155 Å². The normalized spacial score (nSPS) is 23.4. The van der Waals surface area contributed by atoms with Crippen LogP contribution in [0.4, 0.5) is 0 Å². The van der Waals surface area contributed by atoms with Crippen molar-refractivity contribution in [2.24, 2.45) is 0 Å². The van der Waals surface area contributed by atoms with Gasteiger partial charge >= 0.3 is 5.97 Å². The van der Waals surface area contributed by atoms with E-state index in [1.165, 1.54) is 21.3 Å². The molecule has 2 aromatic carbocycles. The number of hydrogen-bond donors (Lipinski definition) is 1. The highest BCUT2D eigenvalue weighted by molar-refractivity contribution is 6.77. The lowest BCUT2D eigenvalue weighted by atomic mass is 9.94. The maximum Gasteiger partial charge on any atom is 0.308 e. The molecule has 1 unspecified atom stereocenters. The molecule has 0 saturated carbocycles. The minimum Gasteiger partial charge on any atom is -0.492 e. The van der Waals surface area contributed by atoms with Gasteiger partial charge in [-0.1, -0.05) is 97.6 Å². The van der Waals surface area contributed by atoms with Crippen LogP contribution in [0.2, 0.25) is 39.9 Å². The number of rotatable bonds is 19. The van der Waals surface area contributed by atoms with Gasteiger partial charge in [0, 0.05) is 29.7 Å². The number of nitrogens with zero attached hydrogens (tertiary/aromatic N) is 1. The van der Waals surface area contributed by atoms with Gasteiger partial charge in [-0.25, -0.2) is 4.98 Å². The number of pyridine rings is 1. The first-order chi connectivity index (χ1) is 34.3. The summed E-state index contributed by atoms with van der Waals surface area (Å²) in [4.78, 5) is 34.0. The summed E-state index contributed by atoms with van der Waals surface area (Å²) in [5, 5.41) is 4.25. The zero-order valence-corrected chi connectivity index (χ0v) is 47.0. The highest BCUT2D eigenvalue weighted by Gasteiger charge is 2.70. The number of fused-ring (bicyclic) bond motifs is 8. The van der Waals surface area contributed by atoms with E-state index < -0.39 is 64.6 Å². The Morgan fingerprint density at radius 3 is 2.21 bits per heavy atom. The second-order valence-electron chi connectivity index (χ2n) is 20.0. The molecule has 388 valence electrons. The smallest absolute Gasteiger partial charge is 0.308 e. The summed E-state index contributed by atoms with van der Waals surface area (Å²) in [6, 6.07) is 10.1. The molecule has 5 aliphatic rings. The fourth-order valence-electron chi connectivity index (χ4n) is 10.8. The van der Waals surface area contributed by atoms with Crippen molar-refractivity contribution in [1.82, 2.24) is 10.3 Å². The van der Waals surface area contributed by atoms with Crippen LogP contribution in [0, 0.1) is 23.7 Å². The number of amides is 1. The van der Waals surface area contributed by atoms with E-state index in [0.717, 1.165) is 18.1 Å². The highest BCUT2D eigenvalue weighted by atomic mass is 35.5. The number of methoxy groups -OCH3 is 3. The fourth-order valence-corrected chi connectivity index (χ4v) is 19.3. The third kappa shape index (κ3) is 10.6. The molecule has 17 heteroatoms. The molecule has 8 rings (SSSR count). The van der Waals surface area contributed by atoms with E-state index in [1.807, 2.05) is 19.9 Å². The molecule has 1 fully saturated rings. The number of nitrogens with one attached hydrogen (secondary N) is 1. The first kappa shape index (κ1) is 54.7. The summed E-state index contributed by atoms with van der Waals surface area (Å²) >= 11 is 7.07. The van der Waals surface area contributed by atoms with E-state index in [-0.39, 0.29) is 70.5 Å². The van der Waals surface area contributed by atoms with E-state index in [9.17, 15) is 9.59 Å². The van der Waals surface area contributed by atoms with Gasteiger partial charge in [0.1, 0.15) is 30.7 Å². The maximum absolute atomic E-state index is 14.9. The standard InChI is InChI=1S/C55H71ClN2O12Si2/c1-15-71(16-2,17-3)70-52-46-27-38-22-21-36(19-18-20-48-55(38,52)68-48)47(69-72(33(6)7,34(8)9)35(10)11)30-64-49(59)29-42(41-23-24-43(67-46)53(56)57-41)58-54(60)40-28-39-37(25-44(40)65-31-61-12)26-45(66-32(4)5)51(63-14)50(39)62-13/h19,23-28,32-35,42,46-48,52H,15-17,29-31H2,1-14H3,(H,58,60)/b36-19+/t42-,46?,47-,48+,52+,55-/m1/s1. The van der Waals surface area contributed by atoms with Crippen LogP contribution in [-0.4, -0.2) is 104 Å². The lowest BCUT2D eigenvalue weighted by Gasteiger charge is -2.44. The second kappa shape index (κ2) is 22.6. The van der Waals surface area contributed by atoms with Gasteiger partial charge in [-0.3, -0.25) is 9.59 Å². The van der Waals surface area contributed by atoms with Gasteiger partial charge < -0.3 is 52.1 Å². The molecule has 1 N–H and O–H groups in total. The summed E-state index contributed by atoms with van der Waals surface area (Å²) in [5.74, 6) is 13.9. The molecule has 5 bridgehead atoms. The maximum atomic E-state index is 14.9. The van der Waals surface area contributed by atoms with Crippen molar-refractivity contribution < 1.29 is 56.3 Å². The van der Waals surface area contributed by atoms with Crippen molar-refractivity contribution in [3.63, 3.8) is 0 Å². The van der Waals surface area contributed by atoms with Crippen LogP contribution in [0.1, 0.15) is 105 Å². The van der Waals surface area contributed by atoms with Crippen molar-refractivity contribution in [2.75, 3.05) is 34.7 Å². The van der Waals surface area contributed by atoms with Gasteiger partial charge in [0.05, 0.1) is 44.0 Å². The minimum absolute atomic E-state index is 0.00596. The largest absolute Gasteiger partial charge is 0.492 e. The average Bonchev–Trinajstić information content (AvgIpc) is 3.98. The molecule has 3 aliphatic heterocycles. The molecule has 6 atom stereocenters. The predicted octanol–water partition coefficient (Wildman–Crippen LogP) is 10.8. The lowest BCUT2D eigenvalue weighted by Crippen LogP contribution is -2.51. The number of ether oxygens (including phenoxy) is 8. The van der Waals surface area contributed by atoms with E-state index in [1.54, 1.807) is 36.4 Å². The molecule has 0 radical (unpaired) electrons. The van der Waals surface area contributed by atoms with E-state index >= 15 is 0 Å². The summed E-state index contributed by atoms with van der Waals surface area (Å²) < 4.78 is 63.4. The van der Waals surface area contributed by atoms with Crippen LogP contribution in [-0.2, 0) is 27.9 Å². The molecule has 1 aromatic heterocycles. The Morgan fingerprint density at radius 2 is 1.60 bits per heavy atom. The molecule has 72 heavy (non-hydrogen) atoms. The van der Waals surface area contributed by atoms with Crippen molar-refractivity contribution in [3.05, 3.63) is 70.0 Å². The number of carbonyl (C=O) groups excluding carboxylic acids is 2. The van der Waals surface area contributed by atoms with Gasteiger partial charge in [-0.2, -0.15) is 0 Å². The Labute approximate surface area is 432 Å². The van der Waals surface area contributed by atoms with Gasteiger partial charge in [-0.05, 0) is 90.4 Å². The number of hydrogen-bond acceptors (Lipinski definition) is 13. The predicted molar refractivity (Wildman–Crippen MR) is 282 cm³/mol. The van der Waals surface area contributed by atoms with Crippen LogP contribution in [0.3, 0.4) is 0 Å². The van der Waals surface area contributed by atoms with Gasteiger partial charge in [-0.15, -0.1) is 0 Å². The molecule has 14 nitrogen and oxygen atoms in total. The van der Waals surface area contributed by atoms with E-state index in [2.05, 4.69) is 91.3 Å². The molecular weight excluding hydrogens is 972 g/mol. The first-order valence-electron chi connectivity index (χ1n) is 25.1. The van der Waals surface area contributed by atoms with E-state index in [0.29, 0.717) is 39.2 Å². The third-order valence-electron chi connectivity index (χ3n) is 14.6. The number of carbonyl (C=O) groups is 2. The number of benzene rings is 2. The molecule has 3 aromatic rings. The summed E-state index contributed by atoms with van der Waals surface area (Å²) in [6.45, 7) is 23.2. The third-order valence-corrected chi connectivity index (χ3v) is 25.6. The lowest BCUT2D eigenvalue weighted by molar-refractivity contribution is -0.146. The Bertz CT molecular complexity index is 2680. The Kier molecular flexibility index (Phi) is 17.2. The fraction of sp³-hybridized carbons (Fsp3) is 0.545. The van der Waals surface area contributed by atoms with Gasteiger partial charge in [0.15, 0.2) is 49.2 Å². The number of esters is 1. The molecule has 1 spiro atoms. The molecule has 1 saturated heterocycles. The van der Waals surface area contributed by atoms with E-state index in [4.69, 9.17) is 63.3 Å². The van der Waals surface area contributed by atoms with Crippen LogP contribution in [0.25, 0.3) is 10.8 Å². The van der Waals surface area contributed by atoms with Crippen molar-refractivity contribution >= 4 is 50.9 Å². The van der Waals surface area contributed by atoms with Gasteiger partial charge in [0.2, 0.25) is 14.1 Å². The first-order valence-corrected chi connectivity index (χ1v) is 30.2. The summed E-state index contributed by atoms with van der Waals surface area (Å²) in [6.07, 6.45) is 0.676. The summed E-state index contributed by atoms with van der Waals surface area (Å²) in [5.41, 5.74) is 1.29. The van der Waals surface area contributed by atoms with Crippen LogP contribution < -0.4 is 29.0 Å². The molecule has 1 amide bonds. The molecule has 2 aliphatic carbocycles. The van der Waals surface area contributed by atoms with Crippen LogP contribution in [0.5, 0.6) is 28.7 Å². The summed E-state index contributed by atoms with van der Waals surface area (Å²) in [7, 11) is -0.417. The molecular formula is C55H71ClN2O12Si2. The van der Waals surface area contributed by atoms with Crippen molar-refractivity contribution in [1.29, 1.82) is 0 Å². The Morgan fingerprint density at radius 1 is 0.917 bits per heavy atom. The zero-order valence-electron chi connectivity index (χ0n) is 44.2. The number of aromatic nitrogens is 1. The van der Waals surface area contributed by atoms with Crippen molar-refractivity contribution in [3.8, 4) is 52.4 Å². The minimum atomic E-state index is -2.63. The second-order valence-corrected chi connectivity index (χ2v) is 30.5. The molecule has 4 heterocycles. The van der Waals surface area contributed by atoms with Crippen LogP contribution in [0.15, 0.2) is 53.6 Å². The van der Waals surface area contributed by atoms with Crippen molar-refractivity contribution in [2.45, 2.75) is 160 Å². The van der Waals surface area contributed by atoms with Crippen LogP contribution >= 0.6 is 11.6 Å². The highest BCUT2D eigenvalue weighted by Crippen LogP contribution is 2.54. The monoisotopic (exact) mass is 1040 g/mol. The Balaban J connectivity index is 1.35.